The normalized spacial score (nSPS) is 29.6. The Labute approximate surface area is 132 Å². The molecule has 2 N–H and O–H groups in total. The van der Waals surface area contributed by atoms with Crippen LogP contribution in [0.4, 0.5) is 0 Å². The summed E-state index contributed by atoms with van der Waals surface area (Å²) in [5.74, 6) is 0.769. The van der Waals surface area contributed by atoms with Gasteiger partial charge in [-0.1, -0.05) is 20.8 Å². The number of hydrogen-bond donors (Lipinski definition) is 1. The SMILES string of the molecule is CC1CN2CCCC2CN1CCCC(CCN)C(C)(C)C. The quantitative estimate of drug-likeness (QED) is 0.818. The highest BCUT2D eigenvalue weighted by atomic mass is 15.3. The Bertz CT molecular complexity index is 310. The zero-order chi connectivity index (χ0) is 15.5. The maximum absolute atomic E-state index is 5.81. The second kappa shape index (κ2) is 7.43. The Morgan fingerprint density at radius 3 is 2.62 bits per heavy atom. The van der Waals surface area contributed by atoms with Gasteiger partial charge in [-0.25, -0.2) is 0 Å². The van der Waals surface area contributed by atoms with E-state index in [-0.39, 0.29) is 0 Å². The maximum atomic E-state index is 5.81. The number of hydrogen-bond acceptors (Lipinski definition) is 3. The van der Waals surface area contributed by atoms with Gasteiger partial charge in [0.25, 0.3) is 0 Å². The molecule has 3 unspecified atom stereocenters. The molecule has 0 saturated carbocycles. The Morgan fingerprint density at radius 1 is 1.19 bits per heavy atom. The minimum atomic E-state index is 0.398. The van der Waals surface area contributed by atoms with Crippen molar-refractivity contribution in [3.05, 3.63) is 0 Å². The minimum absolute atomic E-state index is 0.398. The first-order valence-electron chi connectivity index (χ1n) is 9.10. The molecule has 0 aromatic rings. The van der Waals surface area contributed by atoms with Gasteiger partial charge in [0.2, 0.25) is 0 Å². The molecule has 3 atom stereocenters. The highest BCUT2D eigenvalue weighted by Gasteiger charge is 2.34. The molecule has 124 valence electrons. The van der Waals surface area contributed by atoms with Crippen LogP contribution in [-0.4, -0.2) is 54.6 Å². The molecule has 2 aliphatic rings. The lowest BCUT2D eigenvalue weighted by atomic mass is 9.76. The molecule has 0 aliphatic carbocycles. The van der Waals surface area contributed by atoms with Gasteiger partial charge in [0.05, 0.1) is 0 Å². The van der Waals surface area contributed by atoms with E-state index < -0.39 is 0 Å². The van der Waals surface area contributed by atoms with Crippen LogP contribution in [0.15, 0.2) is 0 Å². The van der Waals surface area contributed by atoms with Crippen LogP contribution in [0.2, 0.25) is 0 Å². The average molecular weight is 296 g/mol. The fourth-order valence-electron chi connectivity index (χ4n) is 4.31. The van der Waals surface area contributed by atoms with E-state index in [0.29, 0.717) is 5.41 Å². The Hall–Kier alpha value is -0.120. The molecule has 21 heavy (non-hydrogen) atoms. The molecule has 0 bridgehead atoms. The van der Waals surface area contributed by atoms with Crippen molar-refractivity contribution in [2.75, 3.05) is 32.7 Å². The largest absolute Gasteiger partial charge is 0.330 e. The van der Waals surface area contributed by atoms with Gasteiger partial charge >= 0.3 is 0 Å². The molecule has 2 fully saturated rings. The van der Waals surface area contributed by atoms with E-state index in [1.54, 1.807) is 0 Å². The summed E-state index contributed by atoms with van der Waals surface area (Å²) in [5.41, 5.74) is 6.20. The topological polar surface area (TPSA) is 32.5 Å². The van der Waals surface area contributed by atoms with Crippen molar-refractivity contribution < 1.29 is 0 Å². The molecule has 0 amide bonds. The zero-order valence-electron chi connectivity index (χ0n) is 14.8. The summed E-state index contributed by atoms with van der Waals surface area (Å²) < 4.78 is 0. The van der Waals surface area contributed by atoms with Crippen LogP contribution in [-0.2, 0) is 0 Å². The zero-order valence-corrected chi connectivity index (χ0v) is 14.8. The summed E-state index contributed by atoms with van der Waals surface area (Å²) >= 11 is 0. The Kier molecular flexibility index (Phi) is 6.10. The van der Waals surface area contributed by atoms with E-state index >= 15 is 0 Å². The van der Waals surface area contributed by atoms with Crippen LogP contribution >= 0.6 is 0 Å². The van der Waals surface area contributed by atoms with Crippen LogP contribution in [0.5, 0.6) is 0 Å². The van der Waals surface area contributed by atoms with Gasteiger partial charge in [-0.3, -0.25) is 9.80 Å². The van der Waals surface area contributed by atoms with Crippen LogP contribution in [0.25, 0.3) is 0 Å². The molecular weight excluding hydrogens is 258 g/mol. The molecule has 2 saturated heterocycles. The van der Waals surface area contributed by atoms with Gasteiger partial charge in [-0.05, 0) is 70.0 Å². The second-order valence-electron chi connectivity index (χ2n) is 8.42. The molecule has 2 rings (SSSR count). The standard InChI is InChI=1S/C18H37N3/c1-15-13-21-12-6-8-17(21)14-20(15)11-5-7-16(9-10-19)18(2,3)4/h15-17H,5-14,19H2,1-4H3. The van der Waals surface area contributed by atoms with Gasteiger partial charge in [-0.2, -0.15) is 0 Å². The van der Waals surface area contributed by atoms with Gasteiger partial charge in [0.1, 0.15) is 0 Å². The van der Waals surface area contributed by atoms with Crippen LogP contribution in [0.1, 0.15) is 59.8 Å². The van der Waals surface area contributed by atoms with Crippen molar-refractivity contribution >= 4 is 0 Å². The van der Waals surface area contributed by atoms with Crippen LogP contribution in [0, 0.1) is 11.3 Å². The van der Waals surface area contributed by atoms with E-state index in [9.17, 15) is 0 Å². The van der Waals surface area contributed by atoms with Gasteiger partial charge in [0, 0.05) is 25.2 Å². The van der Waals surface area contributed by atoms with Crippen molar-refractivity contribution in [2.45, 2.75) is 71.9 Å². The average Bonchev–Trinajstić information content (AvgIpc) is 2.83. The van der Waals surface area contributed by atoms with E-state index in [2.05, 4.69) is 37.5 Å². The van der Waals surface area contributed by atoms with Crippen molar-refractivity contribution in [2.24, 2.45) is 17.1 Å². The molecule has 3 heteroatoms. The number of nitrogens with two attached hydrogens (primary N) is 1. The highest BCUT2D eigenvalue weighted by Crippen LogP contribution is 2.32. The third-order valence-electron chi connectivity index (χ3n) is 5.80. The number of piperazine rings is 1. The first-order valence-corrected chi connectivity index (χ1v) is 9.10. The highest BCUT2D eigenvalue weighted by molar-refractivity contribution is 4.90. The second-order valence-corrected chi connectivity index (χ2v) is 8.42. The summed E-state index contributed by atoms with van der Waals surface area (Å²) in [5, 5.41) is 0. The Morgan fingerprint density at radius 2 is 1.95 bits per heavy atom. The van der Waals surface area contributed by atoms with E-state index in [1.807, 2.05) is 0 Å². The third-order valence-corrected chi connectivity index (χ3v) is 5.80. The van der Waals surface area contributed by atoms with Crippen molar-refractivity contribution in [3.8, 4) is 0 Å². The lowest BCUT2D eigenvalue weighted by molar-refractivity contribution is 0.0557. The minimum Gasteiger partial charge on any atom is -0.330 e. The summed E-state index contributed by atoms with van der Waals surface area (Å²) in [6, 6.07) is 1.59. The van der Waals surface area contributed by atoms with Gasteiger partial charge in [0.15, 0.2) is 0 Å². The van der Waals surface area contributed by atoms with Gasteiger partial charge in [-0.15, -0.1) is 0 Å². The monoisotopic (exact) mass is 295 g/mol. The van der Waals surface area contributed by atoms with E-state index in [0.717, 1.165) is 24.5 Å². The summed E-state index contributed by atoms with van der Waals surface area (Å²) in [4.78, 5) is 5.46. The molecular formula is C18H37N3. The fourth-order valence-corrected chi connectivity index (χ4v) is 4.31. The van der Waals surface area contributed by atoms with Crippen LogP contribution in [0.3, 0.4) is 0 Å². The summed E-state index contributed by atoms with van der Waals surface area (Å²) in [6.45, 7) is 15.6. The lowest BCUT2D eigenvalue weighted by Crippen LogP contribution is -2.55. The fraction of sp³-hybridized carbons (Fsp3) is 1.00. The predicted molar refractivity (Wildman–Crippen MR) is 91.5 cm³/mol. The molecule has 2 aliphatic heterocycles. The lowest BCUT2D eigenvalue weighted by Gasteiger charge is -2.42. The summed E-state index contributed by atoms with van der Waals surface area (Å²) in [6.07, 6.45) is 6.67. The van der Waals surface area contributed by atoms with Crippen molar-refractivity contribution in [1.82, 2.24) is 9.80 Å². The van der Waals surface area contributed by atoms with Crippen molar-refractivity contribution in [1.29, 1.82) is 0 Å². The molecule has 0 radical (unpaired) electrons. The first kappa shape index (κ1) is 17.2. The van der Waals surface area contributed by atoms with E-state index in [1.165, 1.54) is 58.3 Å². The van der Waals surface area contributed by atoms with Crippen molar-refractivity contribution in [3.63, 3.8) is 0 Å². The third kappa shape index (κ3) is 4.67. The first-order chi connectivity index (χ1) is 9.91. The Balaban J connectivity index is 1.76. The smallest absolute Gasteiger partial charge is 0.0224 e. The molecule has 0 aromatic heterocycles. The number of rotatable bonds is 6. The molecule has 2 heterocycles. The maximum Gasteiger partial charge on any atom is 0.0224 e. The van der Waals surface area contributed by atoms with Gasteiger partial charge < -0.3 is 5.73 Å². The summed E-state index contributed by atoms with van der Waals surface area (Å²) in [7, 11) is 0. The van der Waals surface area contributed by atoms with Crippen LogP contribution < -0.4 is 5.73 Å². The number of nitrogens with zero attached hydrogens (tertiary/aromatic N) is 2. The molecule has 3 nitrogen and oxygen atoms in total. The van der Waals surface area contributed by atoms with E-state index in [4.69, 9.17) is 5.73 Å². The number of fused-ring (bicyclic) bond motifs is 1. The molecule has 0 aromatic carbocycles. The predicted octanol–water partition coefficient (Wildman–Crippen LogP) is 2.95. The molecule has 0 spiro atoms.